The van der Waals surface area contributed by atoms with Crippen LogP contribution in [0.25, 0.3) is 10.8 Å². The molecule has 3 aromatic carbocycles. The molecule has 158 valence electrons. The Morgan fingerprint density at radius 3 is 2.53 bits per heavy atom. The lowest BCUT2D eigenvalue weighted by Gasteiger charge is -2.21. The highest BCUT2D eigenvalue weighted by Gasteiger charge is 2.27. The van der Waals surface area contributed by atoms with Crippen LogP contribution in [0.4, 0.5) is 0 Å². The van der Waals surface area contributed by atoms with E-state index in [1.54, 1.807) is 0 Å². The summed E-state index contributed by atoms with van der Waals surface area (Å²) in [6.07, 6.45) is 4.35. The minimum atomic E-state index is -0.737. The molecule has 3 unspecified atom stereocenters. The molecule has 1 aliphatic carbocycles. The average Bonchev–Trinajstić information content (AvgIpc) is 3.20. The fourth-order valence-corrected chi connectivity index (χ4v) is 4.71. The van der Waals surface area contributed by atoms with E-state index in [-0.39, 0.29) is 18.8 Å². The van der Waals surface area contributed by atoms with Crippen LogP contribution in [0.2, 0.25) is 0 Å². The molecule has 0 aliphatic heterocycles. The maximum absolute atomic E-state index is 10.7. The molecule has 4 rings (SSSR count). The third-order valence-electron chi connectivity index (χ3n) is 6.29. The van der Waals surface area contributed by atoms with Crippen LogP contribution in [0, 0.1) is 0 Å². The Morgan fingerprint density at radius 1 is 1.03 bits per heavy atom. The zero-order valence-corrected chi connectivity index (χ0v) is 18.2. The number of carboxylic acid groups (broad SMARTS) is 1. The van der Waals surface area contributed by atoms with Crippen molar-refractivity contribution in [3.05, 3.63) is 83.4 Å². The number of aliphatic carboxylic acids is 1. The predicted octanol–water partition coefficient (Wildman–Crippen LogP) is 6.27. The lowest BCUT2D eigenvalue weighted by Crippen LogP contribution is -2.29. The number of hydrogen-bond acceptors (Lipinski definition) is 2. The van der Waals surface area contributed by atoms with Gasteiger partial charge in [0.15, 0.2) is 0 Å². The number of carboxylic acids is 1. The van der Waals surface area contributed by atoms with E-state index in [0.29, 0.717) is 24.4 Å². The van der Waals surface area contributed by atoms with Crippen LogP contribution in [0.5, 0.6) is 0 Å². The summed E-state index contributed by atoms with van der Waals surface area (Å²) in [7, 11) is 0. The molecule has 0 amide bonds. The van der Waals surface area contributed by atoms with E-state index < -0.39 is 5.97 Å². The summed E-state index contributed by atoms with van der Waals surface area (Å²) < 4.78 is 0. The molecule has 4 heteroatoms. The number of fused-ring (bicyclic) bond motifs is 1. The van der Waals surface area contributed by atoms with Crippen molar-refractivity contribution in [3.63, 3.8) is 0 Å². The van der Waals surface area contributed by atoms with Crippen molar-refractivity contribution in [2.45, 2.75) is 57.0 Å². The smallest absolute Gasteiger partial charge is 0.303 e. The van der Waals surface area contributed by atoms with Gasteiger partial charge in [-0.15, -0.1) is 12.4 Å². The number of carbonyl (C=O) groups is 1. The molecule has 30 heavy (non-hydrogen) atoms. The highest BCUT2D eigenvalue weighted by Crippen LogP contribution is 2.36. The number of rotatable bonds is 7. The summed E-state index contributed by atoms with van der Waals surface area (Å²) in [4.78, 5) is 10.7. The molecule has 0 bridgehead atoms. The van der Waals surface area contributed by atoms with Crippen molar-refractivity contribution >= 4 is 29.1 Å². The monoisotopic (exact) mass is 423 g/mol. The van der Waals surface area contributed by atoms with Crippen LogP contribution in [0.3, 0.4) is 0 Å². The number of aryl methyl sites for hydroxylation is 1. The Morgan fingerprint density at radius 2 is 1.77 bits per heavy atom. The molecule has 1 fully saturated rings. The summed E-state index contributed by atoms with van der Waals surface area (Å²) in [5.41, 5.74) is 3.86. The van der Waals surface area contributed by atoms with Gasteiger partial charge in [-0.25, -0.2) is 0 Å². The molecule has 0 spiro atoms. The standard InChI is InChI=1S/C26H29NO2.ClH/c1-18(24-8-4-6-21-5-2-3-7-25(21)24)27-23-15-14-22(17-23)20-12-9-19(10-13-20)11-16-26(28)29;/h2-10,12-13,18,22-23,27H,11,14-17H2,1H3,(H,28,29);1H. The van der Waals surface area contributed by atoms with Crippen LogP contribution in [-0.4, -0.2) is 17.1 Å². The van der Waals surface area contributed by atoms with Gasteiger partial charge in [0, 0.05) is 18.5 Å². The maximum Gasteiger partial charge on any atom is 0.303 e. The second-order valence-electron chi connectivity index (χ2n) is 8.30. The molecule has 3 aromatic rings. The van der Waals surface area contributed by atoms with Gasteiger partial charge in [0.2, 0.25) is 0 Å². The Bertz CT molecular complexity index is 980. The number of benzene rings is 3. The van der Waals surface area contributed by atoms with E-state index in [2.05, 4.69) is 79.0 Å². The first kappa shape index (κ1) is 22.3. The summed E-state index contributed by atoms with van der Waals surface area (Å²) in [5, 5.41) is 15.3. The Labute approximate surface area is 184 Å². The molecule has 0 aromatic heterocycles. The van der Waals surface area contributed by atoms with Crippen molar-refractivity contribution in [2.75, 3.05) is 0 Å². The third-order valence-corrected chi connectivity index (χ3v) is 6.29. The minimum absolute atomic E-state index is 0. The molecule has 3 atom stereocenters. The van der Waals surface area contributed by atoms with Crippen molar-refractivity contribution in [2.24, 2.45) is 0 Å². The van der Waals surface area contributed by atoms with Crippen LogP contribution in [0.1, 0.15) is 61.3 Å². The van der Waals surface area contributed by atoms with Gasteiger partial charge in [-0.1, -0.05) is 66.7 Å². The fourth-order valence-electron chi connectivity index (χ4n) is 4.71. The first-order valence-electron chi connectivity index (χ1n) is 10.6. The average molecular weight is 424 g/mol. The molecule has 0 heterocycles. The van der Waals surface area contributed by atoms with Gasteiger partial charge in [0.1, 0.15) is 0 Å². The largest absolute Gasteiger partial charge is 0.481 e. The van der Waals surface area contributed by atoms with Crippen molar-refractivity contribution < 1.29 is 9.90 Å². The summed E-state index contributed by atoms with van der Waals surface area (Å²) in [6, 6.07) is 24.6. The Balaban J connectivity index is 0.00000256. The molecule has 2 N–H and O–H groups in total. The fraction of sp³-hybridized carbons (Fsp3) is 0.346. The highest BCUT2D eigenvalue weighted by atomic mass is 35.5. The quantitative estimate of drug-likeness (QED) is 0.471. The molecule has 0 saturated heterocycles. The Hall–Kier alpha value is -2.36. The van der Waals surface area contributed by atoms with Gasteiger partial charge in [-0.3, -0.25) is 4.79 Å². The zero-order chi connectivity index (χ0) is 20.2. The van der Waals surface area contributed by atoms with Gasteiger partial charge >= 0.3 is 5.97 Å². The van der Waals surface area contributed by atoms with Crippen LogP contribution >= 0.6 is 12.4 Å². The van der Waals surface area contributed by atoms with E-state index in [9.17, 15) is 4.79 Å². The van der Waals surface area contributed by atoms with Gasteiger partial charge in [0.25, 0.3) is 0 Å². The second-order valence-corrected chi connectivity index (χ2v) is 8.30. The predicted molar refractivity (Wildman–Crippen MR) is 126 cm³/mol. The molecular formula is C26H30ClNO2. The zero-order valence-electron chi connectivity index (χ0n) is 17.4. The van der Waals surface area contributed by atoms with Gasteiger partial charge in [-0.2, -0.15) is 0 Å². The summed E-state index contributed by atoms with van der Waals surface area (Å²) >= 11 is 0. The van der Waals surface area contributed by atoms with E-state index >= 15 is 0 Å². The summed E-state index contributed by atoms with van der Waals surface area (Å²) in [5.74, 6) is -0.153. The van der Waals surface area contributed by atoms with Crippen molar-refractivity contribution in [1.82, 2.24) is 5.32 Å². The second kappa shape index (κ2) is 10.1. The topological polar surface area (TPSA) is 49.3 Å². The molecule has 3 nitrogen and oxygen atoms in total. The first-order chi connectivity index (χ1) is 14.1. The van der Waals surface area contributed by atoms with Crippen LogP contribution in [0.15, 0.2) is 66.7 Å². The maximum atomic E-state index is 10.7. The Kier molecular flexibility index (Phi) is 7.52. The number of nitrogens with one attached hydrogen (secondary N) is 1. The lowest BCUT2D eigenvalue weighted by molar-refractivity contribution is -0.136. The van der Waals surface area contributed by atoms with Crippen molar-refractivity contribution in [3.8, 4) is 0 Å². The molecule has 0 radical (unpaired) electrons. The van der Waals surface area contributed by atoms with Crippen molar-refractivity contribution in [1.29, 1.82) is 0 Å². The van der Waals surface area contributed by atoms with Gasteiger partial charge in [0.05, 0.1) is 0 Å². The van der Waals surface area contributed by atoms with E-state index in [1.807, 2.05) is 0 Å². The molecule has 1 saturated carbocycles. The number of hydrogen-bond donors (Lipinski definition) is 2. The van der Waals surface area contributed by atoms with E-state index in [0.717, 1.165) is 12.0 Å². The lowest BCUT2D eigenvalue weighted by atomic mass is 9.95. The number of halogens is 1. The highest BCUT2D eigenvalue weighted by molar-refractivity contribution is 5.86. The van der Waals surface area contributed by atoms with Crippen LogP contribution in [-0.2, 0) is 11.2 Å². The van der Waals surface area contributed by atoms with E-state index in [1.165, 1.54) is 34.7 Å². The first-order valence-corrected chi connectivity index (χ1v) is 10.6. The van der Waals surface area contributed by atoms with Crippen LogP contribution < -0.4 is 5.32 Å². The third kappa shape index (κ3) is 5.21. The van der Waals surface area contributed by atoms with E-state index in [4.69, 9.17) is 5.11 Å². The SMILES string of the molecule is CC(NC1CCC(c2ccc(CCC(=O)O)cc2)C1)c1cccc2ccccc12.Cl. The molecular weight excluding hydrogens is 394 g/mol. The van der Waals surface area contributed by atoms with Gasteiger partial charge < -0.3 is 10.4 Å². The normalized spacial score (nSPS) is 19.4. The van der Waals surface area contributed by atoms with Gasteiger partial charge in [-0.05, 0) is 66.0 Å². The summed E-state index contributed by atoms with van der Waals surface area (Å²) in [6.45, 7) is 2.27. The minimum Gasteiger partial charge on any atom is -0.481 e. The molecule has 1 aliphatic rings.